The molecule has 2 amide bonds. The second kappa shape index (κ2) is 12.6. The molecule has 0 bridgehead atoms. The number of esters is 1. The molecule has 202 valence electrons. The van der Waals surface area contributed by atoms with Gasteiger partial charge >= 0.3 is 5.97 Å². The first kappa shape index (κ1) is 28.7. The number of allylic oxidation sites excluding steroid dienone is 1. The number of nitrogens with one attached hydrogen (secondary N) is 1. The van der Waals surface area contributed by atoms with Crippen molar-refractivity contribution in [2.75, 3.05) is 25.3 Å². The SMILES string of the molecule is C=CCn1c(SCC(=O)Nc2sc(C(N)=O)c(C)c2C(=O)OC(C)C)nnc1-c1ccc(OC)c(OC)c1. The third kappa shape index (κ3) is 6.34. The highest BCUT2D eigenvalue weighted by Gasteiger charge is 2.26. The largest absolute Gasteiger partial charge is 0.493 e. The maximum Gasteiger partial charge on any atom is 0.341 e. The Kier molecular flexibility index (Phi) is 9.53. The van der Waals surface area contributed by atoms with E-state index in [1.54, 1.807) is 53.2 Å². The predicted octanol–water partition coefficient (Wildman–Crippen LogP) is 3.91. The number of rotatable bonds is 12. The number of hydrogen-bond donors (Lipinski definition) is 2. The lowest BCUT2D eigenvalue weighted by Crippen LogP contribution is -2.18. The predicted molar refractivity (Wildman–Crippen MR) is 146 cm³/mol. The van der Waals surface area contributed by atoms with Crippen LogP contribution in [-0.4, -0.2) is 58.6 Å². The number of benzene rings is 1. The molecule has 0 aliphatic heterocycles. The van der Waals surface area contributed by atoms with Gasteiger partial charge < -0.3 is 25.3 Å². The Hall–Kier alpha value is -3.84. The molecule has 38 heavy (non-hydrogen) atoms. The van der Waals surface area contributed by atoms with Crippen LogP contribution in [0.2, 0.25) is 0 Å². The normalized spacial score (nSPS) is 10.8. The third-order valence-electron chi connectivity index (χ3n) is 5.17. The molecule has 0 aliphatic carbocycles. The van der Waals surface area contributed by atoms with Crippen LogP contribution in [0.15, 0.2) is 36.0 Å². The van der Waals surface area contributed by atoms with Crippen molar-refractivity contribution >= 4 is 45.9 Å². The summed E-state index contributed by atoms with van der Waals surface area (Å²) in [7, 11) is 3.10. The van der Waals surface area contributed by atoms with Gasteiger partial charge in [-0.25, -0.2) is 4.79 Å². The van der Waals surface area contributed by atoms with Gasteiger partial charge in [-0.15, -0.1) is 28.1 Å². The number of carbonyl (C=O) groups is 3. The van der Waals surface area contributed by atoms with Crippen molar-refractivity contribution in [1.82, 2.24) is 14.8 Å². The molecule has 2 heterocycles. The molecule has 0 spiro atoms. The summed E-state index contributed by atoms with van der Waals surface area (Å²) in [4.78, 5) is 37.6. The Bertz CT molecular complexity index is 1360. The van der Waals surface area contributed by atoms with E-state index in [1.165, 1.54) is 0 Å². The summed E-state index contributed by atoms with van der Waals surface area (Å²) in [5.74, 6) is -0.102. The number of thioether (sulfide) groups is 1. The summed E-state index contributed by atoms with van der Waals surface area (Å²) in [6.45, 7) is 9.21. The summed E-state index contributed by atoms with van der Waals surface area (Å²) >= 11 is 2.09. The molecule has 0 atom stereocenters. The number of carbonyl (C=O) groups excluding carboxylic acids is 3. The van der Waals surface area contributed by atoms with Gasteiger partial charge in [0.25, 0.3) is 5.91 Å². The summed E-state index contributed by atoms with van der Waals surface area (Å²) < 4.78 is 17.8. The van der Waals surface area contributed by atoms with E-state index in [0.29, 0.717) is 34.6 Å². The van der Waals surface area contributed by atoms with Crippen molar-refractivity contribution in [1.29, 1.82) is 0 Å². The van der Waals surface area contributed by atoms with Crippen molar-refractivity contribution in [3.63, 3.8) is 0 Å². The number of amides is 2. The number of ether oxygens (including phenoxy) is 3. The summed E-state index contributed by atoms with van der Waals surface area (Å²) in [5.41, 5.74) is 6.68. The topological polar surface area (TPSA) is 148 Å². The van der Waals surface area contributed by atoms with E-state index in [9.17, 15) is 14.4 Å². The first-order chi connectivity index (χ1) is 18.1. The number of hydrogen-bond acceptors (Lipinski definition) is 10. The van der Waals surface area contributed by atoms with Crippen LogP contribution in [-0.2, 0) is 16.1 Å². The van der Waals surface area contributed by atoms with Crippen LogP contribution in [0.4, 0.5) is 5.00 Å². The second-order valence-electron chi connectivity index (χ2n) is 8.19. The average Bonchev–Trinajstić information content (AvgIpc) is 3.42. The monoisotopic (exact) mass is 559 g/mol. The van der Waals surface area contributed by atoms with Crippen molar-refractivity contribution in [2.45, 2.75) is 38.6 Å². The molecule has 0 aliphatic rings. The fraction of sp³-hybridized carbons (Fsp3) is 0.320. The van der Waals surface area contributed by atoms with Gasteiger partial charge in [-0.2, -0.15) is 0 Å². The van der Waals surface area contributed by atoms with Crippen molar-refractivity contribution in [3.05, 3.63) is 46.9 Å². The third-order valence-corrected chi connectivity index (χ3v) is 7.36. The zero-order chi connectivity index (χ0) is 28.0. The van der Waals surface area contributed by atoms with Gasteiger partial charge in [0, 0.05) is 12.1 Å². The molecule has 2 aromatic heterocycles. The Morgan fingerprint density at radius 1 is 1.21 bits per heavy atom. The Balaban J connectivity index is 1.82. The number of aromatic nitrogens is 3. The van der Waals surface area contributed by atoms with E-state index in [-0.39, 0.29) is 27.3 Å². The van der Waals surface area contributed by atoms with E-state index in [1.807, 2.05) is 10.6 Å². The van der Waals surface area contributed by atoms with Crippen molar-refractivity contribution in [3.8, 4) is 22.9 Å². The second-order valence-corrected chi connectivity index (χ2v) is 10.2. The number of nitrogens with zero attached hydrogens (tertiary/aromatic N) is 3. The molecule has 11 nitrogen and oxygen atoms in total. The van der Waals surface area contributed by atoms with Crippen LogP contribution in [0, 0.1) is 6.92 Å². The van der Waals surface area contributed by atoms with Gasteiger partial charge in [-0.05, 0) is 44.5 Å². The highest BCUT2D eigenvalue weighted by molar-refractivity contribution is 7.99. The lowest BCUT2D eigenvalue weighted by molar-refractivity contribution is -0.113. The zero-order valence-corrected chi connectivity index (χ0v) is 23.3. The van der Waals surface area contributed by atoms with Crippen LogP contribution in [0.25, 0.3) is 11.4 Å². The molecule has 0 saturated heterocycles. The minimum Gasteiger partial charge on any atom is -0.493 e. The highest BCUT2D eigenvalue weighted by atomic mass is 32.2. The molecule has 0 fully saturated rings. The summed E-state index contributed by atoms with van der Waals surface area (Å²) in [6, 6.07) is 5.39. The molecule has 3 rings (SSSR count). The molecule has 3 aromatic rings. The van der Waals surface area contributed by atoms with Gasteiger partial charge in [0.2, 0.25) is 5.91 Å². The Morgan fingerprint density at radius 3 is 2.53 bits per heavy atom. The van der Waals surface area contributed by atoms with Gasteiger partial charge in [0.1, 0.15) is 5.00 Å². The van der Waals surface area contributed by atoms with E-state index >= 15 is 0 Å². The Labute approximate surface area is 228 Å². The van der Waals surface area contributed by atoms with Gasteiger partial charge in [0.05, 0.1) is 36.5 Å². The number of anilines is 1. The maximum absolute atomic E-state index is 12.9. The molecule has 0 radical (unpaired) electrons. The van der Waals surface area contributed by atoms with Crippen molar-refractivity contribution in [2.24, 2.45) is 5.73 Å². The standard InChI is InChI=1S/C25H29N5O6S2/c1-7-10-30-22(15-8-9-16(34-5)17(11-15)35-6)28-29-25(30)37-12-18(31)27-23-19(24(33)36-13(2)3)14(4)20(38-23)21(26)32/h7-9,11,13H,1,10,12H2,2-6H3,(H2,26,32)(H,27,31). The van der Waals surface area contributed by atoms with Crippen LogP contribution in [0.1, 0.15) is 39.4 Å². The number of primary amides is 1. The Morgan fingerprint density at radius 2 is 1.92 bits per heavy atom. The maximum atomic E-state index is 12.9. The molecular weight excluding hydrogens is 530 g/mol. The summed E-state index contributed by atoms with van der Waals surface area (Å²) in [6.07, 6.45) is 1.32. The molecular formula is C25H29N5O6S2. The van der Waals surface area contributed by atoms with Crippen molar-refractivity contribution < 1.29 is 28.6 Å². The molecule has 3 N–H and O–H groups in total. The molecule has 0 saturated carbocycles. The van der Waals surface area contributed by atoms with Gasteiger partial charge in [0.15, 0.2) is 22.5 Å². The minimum absolute atomic E-state index is 0.0390. The molecule has 1 aromatic carbocycles. The van der Waals surface area contributed by atoms with Crippen LogP contribution in [0.3, 0.4) is 0 Å². The smallest absolute Gasteiger partial charge is 0.341 e. The average molecular weight is 560 g/mol. The first-order valence-electron chi connectivity index (χ1n) is 11.4. The minimum atomic E-state index is -0.693. The lowest BCUT2D eigenvalue weighted by Gasteiger charge is -2.11. The number of methoxy groups -OCH3 is 2. The lowest BCUT2D eigenvalue weighted by atomic mass is 10.1. The van der Waals surface area contributed by atoms with Gasteiger partial charge in [-0.3, -0.25) is 14.2 Å². The number of nitrogens with two attached hydrogens (primary N) is 1. The fourth-order valence-corrected chi connectivity index (χ4v) is 5.34. The quantitative estimate of drug-likeness (QED) is 0.191. The number of thiophene rings is 1. The first-order valence-corrected chi connectivity index (χ1v) is 13.2. The van der Waals surface area contributed by atoms with Gasteiger partial charge in [-0.1, -0.05) is 17.8 Å². The van der Waals surface area contributed by atoms with E-state index < -0.39 is 17.8 Å². The fourth-order valence-electron chi connectivity index (χ4n) is 3.53. The molecule has 13 heteroatoms. The zero-order valence-electron chi connectivity index (χ0n) is 21.7. The summed E-state index contributed by atoms with van der Waals surface area (Å²) in [5, 5.41) is 12.0. The van der Waals surface area contributed by atoms with Crippen LogP contribution < -0.4 is 20.5 Å². The molecule has 0 unspecified atom stereocenters. The van der Waals surface area contributed by atoms with Crippen LogP contribution >= 0.6 is 23.1 Å². The highest BCUT2D eigenvalue weighted by Crippen LogP contribution is 2.35. The van der Waals surface area contributed by atoms with E-state index in [4.69, 9.17) is 19.9 Å². The van der Waals surface area contributed by atoms with E-state index in [0.717, 1.165) is 28.7 Å². The van der Waals surface area contributed by atoms with Crippen LogP contribution in [0.5, 0.6) is 11.5 Å². The van der Waals surface area contributed by atoms with E-state index in [2.05, 4.69) is 22.1 Å².